The van der Waals surface area contributed by atoms with Crippen LogP contribution in [0.2, 0.25) is 0 Å². The first-order valence-corrected chi connectivity index (χ1v) is 4.81. The lowest BCUT2D eigenvalue weighted by Crippen LogP contribution is -2.09. The third-order valence-electron chi connectivity index (χ3n) is 2.25. The second-order valence-electron chi connectivity index (χ2n) is 3.50. The highest BCUT2D eigenvalue weighted by Crippen LogP contribution is 2.18. The molecular weight excluding hydrogens is 190 g/mol. The quantitative estimate of drug-likeness (QED) is 0.811. The Morgan fingerprint density at radius 1 is 1.47 bits per heavy atom. The van der Waals surface area contributed by atoms with E-state index in [2.05, 4.69) is 9.97 Å². The smallest absolute Gasteiger partial charge is 0.195 e. The Morgan fingerprint density at radius 2 is 2.27 bits per heavy atom. The highest BCUT2D eigenvalue weighted by molar-refractivity contribution is 5.46. The van der Waals surface area contributed by atoms with E-state index in [1.807, 2.05) is 26.0 Å². The standard InChI is InChI=1S/C11H13N3O/c1-7(12)9-6-13-11(14-8(9)2)10-4-3-5-15-10/h3-7H,12H2,1-2H3. The zero-order valence-electron chi connectivity index (χ0n) is 8.77. The molecule has 0 aliphatic heterocycles. The Kier molecular flexibility index (Phi) is 2.51. The number of hydrogen-bond donors (Lipinski definition) is 1. The van der Waals surface area contributed by atoms with Gasteiger partial charge in [0.05, 0.1) is 6.26 Å². The molecule has 0 saturated heterocycles. The monoisotopic (exact) mass is 203 g/mol. The van der Waals surface area contributed by atoms with E-state index in [1.165, 1.54) is 0 Å². The van der Waals surface area contributed by atoms with Crippen LogP contribution in [0.25, 0.3) is 11.6 Å². The highest BCUT2D eigenvalue weighted by atomic mass is 16.3. The van der Waals surface area contributed by atoms with Crippen LogP contribution in [0.3, 0.4) is 0 Å². The maximum absolute atomic E-state index is 5.78. The number of hydrogen-bond acceptors (Lipinski definition) is 4. The lowest BCUT2D eigenvalue weighted by atomic mass is 10.1. The van der Waals surface area contributed by atoms with Crippen LogP contribution in [0.4, 0.5) is 0 Å². The van der Waals surface area contributed by atoms with Crippen LogP contribution in [0.15, 0.2) is 29.0 Å². The molecule has 0 radical (unpaired) electrons. The molecule has 2 aromatic rings. The van der Waals surface area contributed by atoms with Gasteiger partial charge >= 0.3 is 0 Å². The highest BCUT2D eigenvalue weighted by Gasteiger charge is 2.09. The second-order valence-corrected chi connectivity index (χ2v) is 3.50. The van der Waals surface area contributed by atoms with E-state index >= 15 is 0 Å². The van der Waals surface area contributed by atoms with Gasteiger partial charge in [-0.15, -0.1) is 0 Å². The summed E-state index contributed by atoms with van der Waals surface area (Å²) in [5.41, 5.74) is 7.64. The minimum Gasteiger partial charge on any atom is -0.461 e. The average Bonchev–Trinajstić information content (AvgIpc) is 2.69. The fourth-order valence-corrected chi connectivity index (χ4v) is 1.45. The second kappa shape index (κ2) is 3.82. The first kappa shape index (κ1) is 9.86. The fourth-order valence-electron chi connectivity index (χ4n) is 1.45. The SMILES string of the molecule is Cc1nc(-c2ccco2)ncc1C(C)N. The number of furan rings is 1. The van der Waals surface area contributed by atoms with Gasteiger partial charge in [-0.05, 0) is 26.0 Å². The fraction of sp³-hybridized carbons (Fsp3) is 0.273. The van der Waals surface area contributed by atoms with Crippen molar-refractivity contribution >= 4 is 0 Å². The zero-order chi connectivity index (χ0) is 10.8. The number of aromatic nitrogens is 2. The summed E-state index contributed by atoms with van der Waals surface area (Å²) in [4.78, 5) is 8.57. The molecular formula is C11H13N3O. The van der Waals surface area contributed by atoms with Gasteiger partial charge in [0.2, 0.25) is 0 Å². The van der Waals surface area contributed by atoms with Gasteiger partial charge in [0.25, 0.3) is 0 Å². The summed E-state index contributed by atoms with van der Waals surface area (Å²) in [6.07, 6.45) is 3.36. The van der Waals surface area contributed by atoms with E-state index in [0.29, 0.717) is 11.6 Å². The van der Waals surface area contributed by atoms with Crippen molar-refractivity contribution in [3.05, 3.63) is 35.9 Å². The average molecular weight is 203 g/mol. The summed E-state index contributed by atoms with van der Waals surface area (Å²) >= 11 is 0. The summed E-state index contributed by atoms with van der Waals surface area (Å²) in [6.45, 7) is 3.84. The van der Waals surface area contributed by atoms with Crippen molar-refractivity contribution in [2.75, 3.05) is 0 Å². The van der Waals surface area contributed by atoms with E-state index in [0.717, 1.165) is 11.3 Å². The van der Waals surface area contributed by atoms with Crippen molar-refractivity contribution in [1.82, 2.24) is 9.97 Å². The van der Waals surface area contributed by atoms with Crippen molar-refractivity contribution in [3.63, 3.8) is 0 Å². The predicted molar refractivity (Wildman–Crippen MR) is 57.1 cm³/mol. The maximum atomic E-state index is 5.78. The number of nitrogens with two attached hydrogens (primary N) is 1. The Balaban J connectivity index is 2.42. The van der Waals surface area contributed by atoms with Crippen LogP contribution in [0.1, 0.15) is 24.2 Å². The summed E-state index contributed by atoms with van der Waals surface area (Å²) in [7, 11) is 0. The van der Waals surface area contributed by atoms with Crippen molar-refractivity contribution in [3.8, 4) is 11.6 Å². The third-order valence-corrected chi connectivity index (χ3v) is 2.25. The van der Waals surface area contributed by atoms with Gasteiger partial charge in [-0.1, -0.05) is 0 Å². The van der Waals surface area contributed by atoms with E-state index in [1.54, 1.807) is 12.5 Å². The van der Waals surface area contributed by atoms with Crippen LogP contribution < -0.4 is 5.73 Å². The van der Waals surface area contributed by atoms with Gasteiger partial charge in [-0.25, -0.2) is 9.97 Å². The minimum atomic E-state index is -0.0457. The van der Waals surface area contributed by atoms with Crippen molar-refractivity contribution in [2.45, 2.75) is 19.9 Å². The van der Waals surface area contributed by atoms with Crippen LogP contribution in [0.5, 0.6) is 0 Å². The van der Waals surface area contributed by atoms with E-state index in [9.17, 15) is 0 Å². The summed E-state index contributed by atoms with van der Waals surface area (Å²) in [5.74, 6) is 1.27. The molecule has 2 rings (SSSR count). The predicted octanol–water partition coefficient (Wildman–Crippen LogP) is 2.06. The lowest BCUT2D eigenvalue weighted by molar-refractivity contribution is 0.576. The topological polar surface area (TPSA) is 64.9 Å². The summed E-state index contributed by atoms with van der Waals surface area (Å²) in [5, 5.41) is 0. The van der Waals surface area contributed by atoms with Gasteiger partial charge in [0.15, 0.2) is 11.6 Å². The summed E-state index contributed by atoms with van der Waals surface area (Å²) < 4.78 is 5.22. The van der Waals surface area contributed by atoms with Gasteiger partial charge in [-0.3, -0.25) is 0 Å². The molecule has 0 aliphatic rings. The molecule has 0 saturated carbocycles. The van der Waals surface area contributed by atoms with Gasteiger partial charge in [0, 0.05) is 23.5 Å². The third kappa shape index (κ3) is 1.89. The lowest BCUT2D eigenvalue weighted by Gasteiger charge is -2.08. The van der Waals surface area contributed by atoms with Crippen LogP contribution in [-0.4, -0.2) is 9.97 Å². The molecule has 1 atom stereocenters. The molecule has 2 heterocycles. The number of nitrogens with zero attached hydrogens (tertiary/aromatic N) is 2. The first-order chi connectivity index (χ1) is 7.18. The van der Waals surface area contributed by atoms with Crippen LogP contribution in [-0.2, 0) is 0 Å². The largest absolute Gasteiger partial charge is 0.461 e. The summed E-state index contributed by atoms with van der Waals surface area (Å²) in [6, 6.07) is 3.60. The van der Waals surface area contributed by atoms with Crippen molar-refractivity contribution < 1.29 is 4.42 Å². The Bertz CT molecular complexity index is 449. The Hall–Kier alpha value is -1.68. The minimum absolute atomic E-state index is 0.0457. The van der Waals surface area contributed by atoms with Gasteiger partial charge in [0.1, 0.15) is 0 Å². The number of rotatable bonds is 2. The zero-order valence-corrected chi connectivity index (χ0v) is 8.77. The Labute approximate surface area is 88.2 Å². The molecule has 0 amide bonds. The molecule has 2 aromatic heterocycles. The first-order valence-electron chi connectivity index (χ1n) is 4.81. The van der Waals surface area contributed by atoms with Crippen LogP contribution in [0, 0.1) is 6.92 Å². The molecule has 0 aliphatic carbocycles. The van der Waals surface area contributed by atoms with Gasteiger partial charge in [-0.2, -0.15) is 0 Å². The van der Waals surface area contributed by atoms with E-state index in [-0.39, 0.29) is 6.04 Å². The molecule has 0 fully saturated rings. The van der Waals surface area contributed by atoms with E-state index < -0.39 is 0 Å². The molecule has 0 aromatic carbocycles. The molecule has 0 spiro atoms. The Morgan fingerprint density at radius 3 is 2.80 bits per heavy atom. The number of aryl methyl sites for hydroxylation is 1. The molecule has 2 N–H and O–H groups in total. The maximum Gasteiger partial charge on any atom is 0.195 e. The molecule has 0 bridgehead atoms. The van der Waals surface area contributed by atoms with E-state index in [4.69, 9.17) is 10.2 Å². The van der Waals surface area contributed by atoms with Gasteiger partial charge < -0.3 is 10.2 Å². The molecule has 78 valence electrons. The molecule has 4 heteroatoms. The normalized spacial score (nSPS) is 12.7. The molecule has 15 heavy (non-hydrogen) atoms. The van der Waals surface area contributed by atoms with Crippen molar-refractivity contribution in [2.24, 2.45) is 5.73 Å². The molecule has 4 nitrogen and oxygen atoms in total. The van der Waals surface area contributed by atoms with Crippen molar-refractivity contribution in [1.29, 1.82) is 0 Å². The molecule has 1 unspecified atom stereocenters. The van der Waals surface area contributed by atoms with Crippen LogP contribution >= 0.6 is 0 Å².